The third-order valence-corrected chi connectivity index (χ3v) is 4.64. The van der Waals surface area contributed by atoms with E-state index in [2.05, 4.69) is 71.8 Å². The van der Waals surface area contributed by atoms with Crippen LogP contribution in [0.15, 0.2) is 67.8 Å². The zero-order valence-corrected chi connectivity index (χ0v) is 32.3. The molecule has 0 bridgehead atoms. The fraction of sp³-hybridized carbons (Fsp3) is 0.561. The topological polar surface area (TPSA) is 17.1 Å². The predicted octanol–water partition coefficient (Wildman–Crippen LogP) is 14.4. The third kappa shape index (κ3) is 41.2. The molecule has 0 saturated heterocycles. The summed E-state index contributed by atoms with van der Waals surface area (Å²) in [5.41, 5.74) is 3.38. The lowest BCUT2D eigenvalue weighted by Crippen LogP contribution is -2.06. The molecule has 3 heteroatoms. The first kappa shape index (κ1) is 56.8. The summed E-state index contributed by atoms with van der Waals surface area (Å²) >= 11 is 0. The van der Waals surface area contributed by atoms with Crippen LogP contribution in [0.4, 0.5) is 8.78 Å². The van der Waals surface area contributed by atoms with Gasteiger partial charge in [0.05, 0.1) is 0 Å². The van der Waals surface area contributed by atoms with Crippen molar-refractivity contribution in [3.8, 4) is 11.8 Å². The van der Waals surface area contributed by atoms with Gasteiger partial charge in [-0.2, -0.15) is 0 Å². The van der Waals surface area contributed by atoms with Gasteiger partial charge in [-0.15, -0.1) is 6.58 Å². The van der Waals surface area contributed by atoms with Crippen molar-refractivity contribution in [2.45, 2.75) is 149 Å². The van der Waals surface area contributed by atoms with E-state index in [9.17, 15) is 8.78 Å². The maximum Gasteiger partial charge on any atom is 0.270 e. The molecule has 0 saturated carbocycles. The lowest BCUT2D eigenvalue weighted by atomic mass is 9.94. The lowest BCUT2D eigenvalue weighted by Gasteiger charge is -2.12. The van der Waals surface area contributed by atoms with E-state index in [4.69, 9.17) is 4.79 Å². The summed E-state index contributed by atoms with van der Waals surface area (Å²) in [6.45, 7) is 42.0. The van der Waals surface area contributed by atoms with Crippen molar-refractivity contribution in [2.75, 3.05) is 0 Å². The van der Waals surface area contributed by atoms with Crippen molar-refractivity contribution in [2.24, 2.45) is 5.41 Å². The van der Waals surface area contributed by atoms with E-state index in [-0.39, 0.29) is 11.0 Å². The van der Waals surface area contributed by atoms with E-state index in [1.807, 2.05) is 101 Å². The maximum absolute atomic E-state index is 12.8. The third-order valence-electron chi connectivity index (χ3n) is 4.64. The van der Waals surface area contributed by atoms with E-state index >= 15 is 0 Å². The average molecular weight is 619 g/mol. The molecule has 0 aliphatic heterocycles. The summed E-state index contributed by atoms with van der Waals surface area (Å²) in [7, 11) is 0. The molecule has 0 aliphatic rings. The van der Waals surface area contributed by atoms with Gasteiger partial charge in [0.1, 0.15) is 5.94 Å². The average Bonchev–Trinajstić information content (AvgIpc) is 3.05. The first-order chi connectivity index (χ1) is 20.8. The van der Waals surface area contributed by atoms with Crippen molar-refractivity contribution in [3.05, 3.63) is 90.0 Å². The molecule has 0 heterocycles. The normalized spacial score (nSPS) is 8.39. The second kappa shape index (κ2) is 42.2. The monoisotopic (exact) mass is 619 g/mol. The summed E-state index contributed by atoms with van der Waals surface area (Å²) in [5, 5.41) is 0. The van der Waals surface area contributed by atoms with Gasteiger partial charge < -0.3 is 0 Å². The molecule has 0 radical (unpaired) electrons. The van der Waals surface area contributed by atoms with Crippen LogP contribution in [0.5, 0.6) is 0 Å². The Balaban J connectivity index is -0.0000000835. The number of unbranched alkanes of at least 4 members (excludes halogenated alkanes) is 1. The molecule has 2 aromatic carbocycles. The Labute approximate surface area is 275 Å². The molecule has 0 N–H and O–H groups in total. The van der Waals surface area contributed by atoms with Crippen LogP contribution in [-0.2, 0) is 10.7 Å². The Morgan fingerprint density at radius 2 is 1.18 bits per heavy atom. The van der Waals surface area contributed by atoms with E-state index < -0.39 is 5.92 Å². The van der Waals surface area contributed by atoms with E-state index in [1.165, 1.54) is 36.5 Å². The van der Waals surface area contributed by atoms with Gasteiger partial charge in [0.2, 0.25) is 0 Å². The van der Waals surface area contributed by atoms with E-state index in [0.29, 0.717) is 5.92 Å². The van der Waals surface area contributed by atoms with Crippen LogP contribution in [0.25, 0.3) is 0 Å². The van der Waals surface area contributed by atoms with Gasteiger partial charge in [-0.3, -0.25) is 0 Å². The van der Waals surface area contributed by atoms with Gasteiger partial charge in [0, 0.05) is 23.5 Å². The largest absolute Gasteiger partial charge is 0.270 e. The van der Waals surface area contributed by atoms with Gasteiger partial charge in [-0.1, -0.05) is 164 Å². The molecule has 0 atom stereocenters. The maximum atomic E-state index is 12.8. The number of aryl methyl sites for hydroxylation is 1. The second-order valence-electron chi connectivity index (χ2n) is 8.85. The van der Waals surface area contributed by atoms with Crippen LogP contribution in [0.1, 0.15) is 159 Å². The fourth-order valence-electron chi connectivity index (χ4n) is 2.17. The quantitative estimate of drug-likeness (QED) is 0.189. The highest BCUT2D eigenvalue weighted by atomic mass is 19.3. The van der Waals surface area contributed by atoms with Gasteiger partial charge in [-0.25, -0.2) is 13.6 Å². The van der Waals surface area contributed by atoms with Gasteiger partial charge in [-0.05, 0) is 56.5 Å². The molecule has 256 valence electrons. The highest BCUT2D eigenvalue weighted by Crippen LogP contribution is 2.27. The first-order valence-corrected chi connectivity index (χ1v) is 16.6. The van der Waals surface area contributed by atoms with Gasteiger partial charge >= 0.3 is 0 Å². The Hall–Kier alpha value is -2.95. The van der Waals surface area contributed by atoms with Crippen molar-refractivity contribution in [1.29, 1.82) is 0 Å². The molecule has 1 nitrogen and oxygen atoms in total. The zero-order valence-electron chi connectivity index (χ0n) is 32.3. The van der Waals surface area contributed by atoms with Crippen LogP contribution in [0.3, 0.4) is 0 Å². The Morgan fingerprint density at radius 1 is 0.795 bits per heavy atom. The zero-order chi connectivity index (χ0) is 36.8. The number of hydrogen-bond acceptors (Lipinski definition) is 1. The smallest absolute Gasteiger partial charge is 0.234 e. The molecule has 44 heavy (non-hydrogen) atoms. The number of allylic oxidation sites excluding steroid dienone is 1. The van der Waals surface area contributed by atoms with Crippen molar-refractivity contribution in [1.82, 2.24) is 0 Å². The molecular weight excluding hydrogens is 546 g/mol. The number of carbonyl (C=O) groups excluding carboxylic acids is 1. The van der Waals surface area contributed by atoms with Crippen molar-refractivity contribution < 1.29 is 13.6 Å². The summed E-state index contributed by atoms with van der Waals surface area (Å²) in [5.74, 6) is 5.25. The van der Waals surface area contributed by atoms with Crippen LogP contribution < -0.4 is 0 Å². The molecule has 0 aliphatic carbocycles. The highest BCUT2D eigenvalue weighted by molar-refractivity contribution is 5.39. The molecule has 0 aromatic heterocycles. The molecular formula is C41H72F2O. The Kier molecular flexibility index (Phi) is 54.4. The SMILES string of the molecule is C=C=O.C=CC(C)(C)C#Cc1cccc(C)c1.CC.CC.CC.CC.CC.CC(C)c1ccc(C(C)(F)F)cc1.CCCC. The predicted molar refractivity (Wildman–Crippen MR) is 201 cm³/mol. The number of benzene rings is 2. The Morgan fingerprint density at radius 3 is 1.45 bits per heavy atom. The summed E-state index contributed by atoms with van der Waals surface area (Å²) in [4.78, 5) is 8.57. The minimum Gasteiger partial charge on any atom is -0.234 e. The number of rotatable bonds is 4. The molecule has 2 rings (SSSR count). The van der Waals surface area contributed by atoms with Crippen molar-refractivity contribution in [3.63, 3.8) is 0 Å². The lowest BCUT2D eigenvalue weighted by molar-refractivity contribution is 0.0174. The first-order valence-electron chi connectivity index (χ1n) is 16.6. The summed E-state index contributed by atoms with van der Waals surface area (Å²) in [6.07, 6.45) is 4.51. The van der Waals surface area contributed by atoms with Crippen molar-refractivity contribution >= 4 is 5.94 Å². The van der Waals surface area contributed by atoms with Gasteiger partial charge in [0.25, 0.3) is 5.92 Å². The van der Waals surface area contributed by atoms with Gasteiger partial charge in [0.15, 0.2) is 0 Å². The standard InChI is InChI=1S/C14H16.C11H14F2.C4H10.C2H2O.5C2H6/c1-5-14(3,4)10-9-13-8-6-7-12(2)11-13;1-8(2)9-4-6-10(7-5-9)11(3,12)13;1-3-4-2;1-2-3;5*1-2/h5-8,11H,1H2,2-4H3;4-8H,1-3H3;3-4H2,1-2H3;1H2;5*1-2H3. The molecule has 0 amide bonds. The molecule has 2 aromatic rings. The number of hydrogen-bond donors (Lipinski definition) is 0. The van der Waals surface area contributed by atoms with Crippen LogP contribution in [-0.4, -0.2) is 5.94 Å². The van der Waals surface area contributed by atoms with E-state index in [1.54, 1.807) is 12.1 Å². The minimum absolute atomic E-state index is 0.0805. The summed E-state index contributed by atoms with van der Waals surface area (Å²) < 4.78 is 25.6. The van der Waals surface area contributed by atoms with E-state index in [0.717, 1.165) is 18.1 Å². The van der Waals surface area contributed by atoms with Crippen LogP contribution in [0, 0.1) is 24.2 Å². The number of halogens is 2. The molecule has 0 spiro atoms. The summed E-state index contributed by atoms with van der Waals surface area (Å²) in [6, 6.07) is 14.7. The molecule has 0 unspecified atom stereocenters. The second-order valence-corrected chi connectivity index (χ2v) is 8.85. The fourth-order valence-corrected chi connectivity index (χ4v) is 2.17. The van der Waals surface area contributed by atoms with Crippen LogP contribution in [0.2, 0.25) is 0 Å². The number of alkyl halides is 2. The highest BCUT2D eigenvalue weighted by Gasteiger charge is 2.23. The minimum atomic E-state index is -2.73. The molecule has 0 fully saturated rings. The Bertz CT molecular complexity index is 914. The van der Waals surface area contributed by atoms with Crippen LogP contribution >= 0.6 is 0 Å².